The Morgan fingerprint density at radius 1 is 1.13 bits per heavy atom. The van der Waals surface area contributed by atoms with Gasteiger partial charge in [-0.3, -0.25) is 9.59 Å². The largest absolute Gasteiger partial charge is 0.573 e. The van der Waals surface area contributed by atoms with Crippen molar-refractivity contribution in [2.75, 3.05) is 11.9 Å². The third-order valence-corrected chi connectivity index (χ3v) is 5.77. The molecule has 4 rings (SSSR count). The summed E-state index contributed by atoms with van der Waals surface area (Å²) in [6.07, 6.45) is -11.9. The summed E-state index contributed by atoms with van der Waals surface area (Å²) in [5.41, 5.74) is 0.764. The molecular formula is C25H22F6N4O4. The molecule has 1 aliphatic rings. The highest BCUT2D eigenvalue weighted by Gasteiger charge is 2.37. The van der Waals surface area contributed by atoms with Crippen molar-refractivity contribution in [2.45, 2.75) is 38.6 Å². The summed E-state index contributed by atoms with van der Waals surface area (Å²) in [4.78, 5) is 24.1. The first-order valence-electron chi connectivity index (χ1n) is 11.6. The number of aromatic nitrogens is 2. The summed E-state index contributed by atoms with van der Waals surface area (Å²) >= 11 is 0. The summed E-state index contributed by atoms with van der Waals surface area (Å²) in [6, 6.07) is 13.1. The van der Waals surface area contributed by atoms with Crippen LogP contribution in [0.3, 0.4) is 0 Å². The maximum absolute atomic E-state index is 13.0. The van der Waals surface area contributed by atoms with Gasteiger partial charge in [-0.05, 0) is 42.8 Å². The van der Waals surface area contributed by atoms with Crippen LogP contribution in [0.5, 0.6) is 5.75 Å². The fourth-order valence-corrected chi connectivity index (χ4v) is 3.83. The number of carbonyl (C=O) groups excluding carboxylic acids is 2. The lowest BCUT2D eigenvalue weighted by atomic mass is 10.1. The van der Waals surface area contributed by atoms with Gasteiger partial charge in [0.1, 0.15) is 5.75 Å². The number of anilines is 1. The average Bonchev–Trinajstić information content (AvgIpc) is 3.48. The van der Waals surface area contributed by atoms with Crippen molar-refractivity contribution in [3.63, 3.8) is 0 Å². The van der Waals surface area contributed by atoms with Crippen molar-refractivity contribution in [1.82, 2.24) is 15.1 Å². The Balaban J connectivity index is 1.73. The van der Waals surface area contributed by atoms with Crippen molar-refractivity contribution >= 4 is 17.6 Å². The van der Waals surface area contributed by atoms with E-state index in [1.807, 2.05) is 0 Å². The minimum Gasteiger partial charge on any atom is -0.406 e. The number of carbonyl (C=O) groups is 2. The number of amides is 2. The Bertz CT molecular complexity index is 1340. The number of hydrogen-bond acceptors (Lipinski definition) is 5. The van der Waals surface area contributed by atoms with Gasteiger partial charge >= 0.3 is 12.5 Å². The molecule has 14 heteroatoms. The molecule has 2 N–H and O–H groups in total. The third-order valence-electron chi connectivity index (χ3n) is 5.77. The van der Waals surface area contributed by atoms with Crippen LogP contribution in [-0.4, -0.2) is 46.8 Å². The van der Waals surface area contributed by atoms with Gasteiger partial charge in [-0.25, -0.2) is 4.68 Å². The topological polar surface area (TPSA) is 94.5 Å². The zero-order valence-corrected chi connectivity index (χ0v) is 20.3. The highest BCUT2D eigenvalue weighted by Crippen LogP contribution is 2.33. The van der Waals surface area contributed by atoms with Crippen LogP contribution in [0.2, 0.25) is 0 Å². The SMILES string of the molecule is C[C@@H](OCc1cc(OC(F)(F)F)cc(-c2cc(NC(=O)[C@@H]3CNC(=O)C3)nn2-c2ccccc2)c1)C(F)(F)F. The minimum absolute atomic E-state index is 0.00534. The van der Waals surface area contributed by atoms with E-state index < -0.39 is 42.8 Å². The van der Waals surface area contributed by atoms with E-state index in [0.29, 0.717) is 5.69 Å². The first-order chi connectivity index (χ1) is 18.3. The van der Waals surface area contributed by atoms with Gasteiger partial charge in [0, 0.05) is 24.6 Å². The molecule has 0 radical (unpaired) electrons. The molecule has 8 nitrogen and oxygen atoms in total. The van der Waals surface area contributed by atoms with Gasteiger partial charge in [-0.1, -0.05) is 18.2 Å². The third kappa shape index (κ3) is 7.28. The summed E-state index contributed by atoms with van der Waals surface area (Å²) < 4.78 is 88.1. The van der Waals surface area contributed by atoms with Gasteiger partial charge in [0.2, 0.25) is 11.8 Å². The van der Waals surface area contributed by atoms with Crippen molar-refractivity contribution in [2.24, 2.45) is 5.92 Å². The number of ether oxygens (including phenoxy) is 2. The van der Waals surface area contributed by atoms with Crippen LogP contribution in [0.15, 0.2) is 54.6 Å². The molecule has 0 spiro atoms. The van der Waals surface area contributed by atoms with Crippen LogP contribution in [0.25, 0.3) is 16.9 Å². The number of benzene rings is 2. The fourth-order valence-electron chi connectivity index (χ4n) is 3.83. The van der Waals surface area contributed by atoms with E-state index in [0.717, 1.165) is 19.1 Å². The van der Waals surface area contributed by atoms with E-state index in [1.165, 1.54) is 16.8 Å². The predicted octanol–water partition coefficient (Wildman–Crippen LogP) is 4.98. The Hall–Kier alpha value is -4.07. The molecule has 0 saturated carbocycles. The smallest absolute Gasteiger partial charge is 0.406 e. The monoisotopic (exact) mass is 556 g/mol. The molecule has 2 heterocycles. The van der Waals surface area contributed by atoms with Gasteiger partial charge in [0.15, 0.2) is 11.9 Å². The molecule has 2 amide bonds. The summed E-state index contributed by atoms with van der Waals surface area (Å²) in [6.45, 7) is 0.270. The molecule has 39 heavy (non-hydrogen) atoms. The lowest BCUT2D eigenvalue weighted by molar-refractivity contribution is -0.274. The molecule has 0 unspecified atom stereocenters. The van der Waals surface area contributed by atoms with Gasteiger partial charge in [0.25, 0.3) is 0 Å². The lowest BCUT2D eigenvalue weighted by Gasteiger charge is -2.18. The Morgan fingerprint density at radius 3 is 2.46 bits per heavy atom. The minimum atomic E-state index is -5.07. The quantitative estimate of drug-likeness (QED) is 0.382. The second-order valence-electron chi connectivity index (χ2n) is 8.76. The Kier molecular flexibility index (Phi) is 7.86. The zero-order chi connectivity index (χ0) is 28.4. The second kappa shape index (κ2) is 11.0. The van der Waals surface area contributed by atoms with Crippen LogP contribution in [0.4, 0.5) is 32.2 Å². The average molecular weight is 556 g/mol. The molecule has 0 aliphatic carbocycles. The standard InChI is InChI=1S/C25H22F6N4O4/c1-14(24(26,27)28)38-13-15-7-16(9-19(8-15)39-25(29,30)31)20-11-21(33-23(37)17-10-22(36)32-12-17)34-35(20)18-5-3-2-4-6-18/h2-9,11,14,17H,10,12-13H2,1H3,(H,32,36)(H,33,34,37)/t14-,17+/m1/s1. The molecule has 3 aromatic rings. The van der Waals surface area contributed by atoms with Gasteiger partial charge in [-0.2, -0.15) is 13.2 Å². The number of para-hydroxylation sites is 1. The summed E-state index contributed by atoms with van der Waals surface area (Å²) in [7, 11) is 0. The van der Waals surface area contributed by atoms with Crippen molar-refractivity contribution in [3.05, 3.63) is 60.2 Å². The summed E-state index contributed by atoms with van der Waals surface area (Å²) in [5.74, 6) is -2.03. The van der Waals surface area contributed by atoms with Gasteiger partial charge < -0.3 is 20.1 Å². The number of nitrogens with one attached hydrogen (secondary N) is 2. The van der Waals surface area contributed by atoms with Crippen molar-refractivity contribution < 1.29 is 45.4 Å². The van der Waals surface area contributed by atoms with Crippen LogP contribution < -0.4 is 15.4 Å². The van der Waals surface area contributed by atoms with E-state index >= 15 is 0 Å². The molecule has 0 bridgehead atoms. The number of rotatable bonds is 8. The maximum atomic E-state index is 13.0. The molecule has 1 fully saturated rings. The van der Waals surface area contributed by atoms with Crippen molar-refractivity contribution in [1.29, 1.82) is 0 Å². The summed E-state index contributed by atoms with van der Waals surface area (Å²) in [5, 5.41) is 9.52. The fraction of sp³-hybridized carbons (Fsp3) is 0.320. The molecule has 2 atom stereocenters. The van der Waals surface area contributed by atoms with Crippen molar-refractivity contribution in [3.8, 4) is 22.7 Å². The van der Waals surface area contributed by atoms with Crippen LogP contribution in [0, 0.1) is 5.92 Å². The number of alkyl halides is 6. The van der Waals surface area contributed by atoms with Gasteiger partial charge in [-0.15, -0.1) is 18.3 Å². The molecule has 208 valence electrons. The molecule has 1 saturated heterocycles. The van der Waals surface area contributed by atoms with E-state index in [-0.39, 0.29) is 41.5 Å². The van der Waals surface area contributed by atoms with Crippen LogP contribution >= 0.6 is 0 Å². The molecular weight excluding hydrogens is 534 g/mol. The van der Waals surface area contributed by atoms with Crippen LogP contribution in [-0.2, 0) is 20.9 Å². The van der Waals surface area contributed by atoms with E-state index in [4.69, 9.17) is 4.74 Å². The first-order valence-corrected chi connectivity index (χ1v) is 11.6. The maximum Gasteiger partial charge on any atom is 0.573 e. The van der Waals surface area contributed by atoms with Gasteiger partial charge in [0.05, 0.1) is 23.9 Å². The number of hydrogen-bond donors (Lipinski definition) is 2. The highest BCUT2D eigenvalue weighted by molar-refractivity contribution is 5.97. The van der Waals surface area contributed by atoms with Crippen LogP contribution in [0.1, 0.15) is 18.9 Å². The van der Waals surface area contributed by atoms with E-state index in [2.05, 4.69) is 20.5 Å². The second-order valence-corrected chi connectivity index (χ2v) is 8.76. The number of halogens is 6. The molecule has 1 aromatic heterocycles. The molecule has 2 aromatic carbocycles. The molecule has 1 aliphatic heterocycles. The van der Waals surface area contributed by atoms with E-state index in [1.54, 1.807) is 30.3 Å². The Morgan fingerprint density at radius 2 is 1.85 bits per heavy atom. The zero-order valence-electron chi connectivity index (χ0n) is 20.3. The normalized spacial score (nSPS) is 16.6. The van der Waals surface area contributed by atoms with E-state index in [9.17, 15) is 35.9 Å². The first kappa shape index (κ1) is 28.0. The number of nitrogens with zero attached hydrogens (tertiary/aromatic N) is 2. The lowest BCUT2D eigenvalue weighted by Crippen LogP contribution is -2.28. The predicted molar refractivity (Wildman–Crippen MR) is 126 cm³/mol. The Labute approximate surface area is 217 Å². The highest BCUT2D eigenvalue weighted by atomic mass is 19.4.